The van der Waals surface area contributed by atoms with Crippen molar-refractivity contribution >= 4 is 17.5 Å². The summed E-state index contributed by atoms with van der Waals surface area (Å²) in [5.41, 5.74) is 1.19. The van der Waals surface area contributed by atoms with Crippen LogP contribution in [0.2, 0.25) is 0 Å². The van der Waals surface area contributed by atoms with E-state index in [1.807, 2.05) is 30.0 Å². The van der Waals surface area contributed by atoms with Crippen molar-refractivity contribution in [1.82, 2.24) is 4.90 Å². The summed E-state index contributed by atoms with van der Waals surface area (Å²) < 4.78 is 0. The summed E-state index contributed by atoms with van der Waals surface area (Å²) in [4.78, 5) is 14.5. The highest BCUT2D eigenvalue weighted by molar-refractivity contribution is 6.19. The Morgan fingerprint density at radius 3 is 2.47 bits per heavy atom. The zero-order chi connectivity index (χ0) is 13.8. The monoisotopic (exact) mass is 279 g/mol. The van der Waals surface area contributed by atoms with E-state index < -0.39 is 0 Å². The second kappa shape index (κ2) is 6.42. The van der Waals surface area contributed by atoms with Crippen LogP contribution in [-0.2, 0) is 11.3 Å². The maximum Gasteiger partial charge on any atom is 0.227 e. The Morgan fingerprint density at radius 1 is 1.32 bits per heavy atom. The van der Waals surface area contributed by atoms with Gasteiger partial charge in [0.05, 0.1) is 0 Å². The van der Waals surface area contributed by atoms with E-state index in [2.05, 4.69) is 19.1 Å². The molecule has 0 bridgehead atoms. The molecule has 1 fully saturated rings. The molecule has 2 atom stereocenters. The van der Waals surface area contributed by atoms with Gasteiger partial charge in [-0.3, -0.25) is 4.79 Å². The Kier molecular flexibility index (Phi) is 4.87. The van der Waals surface area contributed by atoms with Crippen LogP contribution in [0.4, 0.5) is 0 Å². The summed E-state index contributed by atoms with van der Waals surface area (Å²) in [6.07, 6.45) is 2.49. The van der Waals surface area contributed by atoms with Gasteiger partial charge in [-0.1, -0.05) is 37.3 Å². The lowest BCUT2D eigenvalue weighted by atomic mass is 10.1. The van der Waals surface area contributed by atoms with Crippen molar-refractivity contribution in [1.29, 1.82) is 0 Å². The zero-order valence-electron chi connectivity index (χ0n) is 11.7. The molecule has 0 aliphatic heterocycles. The largest absolute Gasteiger partial charge is 0.335 e. The SMILES string of the molecule is CC(CCl)C(=O)N(Cc1ccccc1)C(C)C1CC1. The summed E-state index contributed by atoms with van der Waals surface area (Å²) in [6.45, 7) is 4.77. The van der Waals surface area contributed by atoms with E-state index in [0.717, 1.165) is 0 Å². The Bertz CT molecular complexity index is 416. The standard InChI is InChI=1S/C16H22ClNO/c1-12(10-17)16(19)18(13(2)15-8-9-15)11-14-6-4-3-5-7-14/h3-7,12-13,15H,8-11H2,1-2H3. The van der Waals surface area contributed by atoms with Gasteiger partial charge in [0.2, 0.25) is 5.91 Å². The third-order valence-corrected chi connectivity index (χ3v) is 4.39. The molecule has 2 nitrogen and oxygen atoms in total. The second-order valence-corrected chi connectivity index (χ2v) is 5.89. The maximum absolute atomic E-state index is 12.5. The molecule has 2 rings (SSSR count). The predicted molar refractivity (Wildman–Crippen MR) is 79.1 cm³/mol. The molecule has 0 spiro atoms. The van der Waals surface area contributed by atoms with Crippen LogP contribution in [0, 0.1) is 11.8 Å². The molecule has 0 aromatic heterocycles. The number of hydrogen-bond acceptors (Lipinski definition) is 1. The van der Waals surface area contributed by atoms with E-state index in [4.69, 9.17) is 11.6 Å². The molecule has 0 radical (unpaired) electrons. The molecule has 0 saturated heterocycles. The molecule has 1 aromatic rings. The molecule has 1 aliphatic rings. The van der Waals surface area contributed by atoms with E-state index in [1.54, 1.807) is 0 Å². The Morgan fingerprint density at radius 2 is 1.95 bits per heavy atom. The van der Waals surface area contributed by atoms with E-state index in [0.29, 0.717) is 24.4 Å². The molecule has 1 saturated carbocycles. The summed E-state index contributed by atoms with van der Waals surface area (Å²) in [5.74, 6) is 1.14. The van der Waals surface area contributed by atoms with Crippen LogP contribution in [0.3, 0.4) is 0 Å². The topological polar surface area (TPSA) is 20.3 Å². The van der Waals surface area contributed by atoms with Crippen molar-refractivity contribution in [3.05, 3.63) is 35.9 Å². The van der Waals surface area contributed by atoms with Crippen molar-refractivity contribution in [2.24, 2.45) is 11.8 Å². The van der Waals surface area contributed by atoms with Crippen LogP contribution in [-0.4, -0.2) is 22.7 Å². The van der Waals surface area contributed by atoms with Crippen LogP contribution in [0.1, 0.15) is 32.3 Å². The first-order valence-corrected chi connectivity index (χ1v) is 7.57. The average Bonchev–Trinajstić information content (AvgIpc) is 3.28. The zero-order valence-corrected chi connectivity index (χ0v) is 12.4. The number of halogens is 1. The van der Waals surface area contributed by atoms with Gasteiger partial charge in [-0.15, -0.1) is 11.6 Å². The lowest BCUT2D eigenvalue weighted by Crippen LogP contribution is -2.42. The van der Waals surface area contributed by atoms with Crippen molar-refractivity contribution < 1.29 is 4.79 Å². The smallest absolute Gasteiger partial charge is 0.227 e. The van der Waals surface area contributed by atoms with Crippen LogP contribution < -0.4 is 0 Å². The Hall–Kier alpha value is -1.02. The number of benzene rings is 1. The predicted octanol–water partition coefficient (Wildman–Crippen LogP) is 3.69. The highest BCUT2D eigenvalue weighted by Crippen LogP contribution is 2.36. The highest BCUT2D eigenvalue weighted by Gasteiger charge is 2.35. The lowest BCUT2D eigenvalue weighted by molar-refractivity contribution is -0.137. The van der Waals surface area contributed by atoms with E-state index in [-0.39, 0.29) is 11.8 Å². The molecule has 2 unspecified atom stereocenters. The van der Waals surface area contributed by atoms with Crippen molar-refractivity contribution in [2.75, 3.05) is 5.88 Å². The van der Waals surface area contributed by atoms with Gasteiger partial charge >= 0.3 is 0 Å². The van der Waals surface area contributed by atoms with Gasteiger partial charge < -0.3 is 4.90 Å². The fraction of sp³-hybridized carbons (Fsp3) is 0.562. The molecule has 3 heteroatoms. The molecule has 19 heavy (non-hydrogen) atoms. The summed E-state index contributed by atoms with van der Waals surface area (Å²) >= 11 is 5.85. The van der Waals surface area contributed by atoms with E-state index >= 15 is 0 Å². The Labute approximate surface area is 120 Å². The molecule has 104 valence electrons. The first kappa shape index (κ1) is 14.4. The minimum absolute atomic E-state index is 0.105. The fourth-order valence-corrected chi connectivity index (χ4v) is 2.52. The van der Waals surface area contributed by atoms with Gasteiger partial charge in [0.25, 0.3) is 0 Å². The van der Waals surface area contributed by atoms with Gasteiger partial charge in [-0.2, -0.15) is 0 Å². The van der Waals surface area contributed by atoms with Gasteiger partial charge in [-0.05, 0) is 31.2 Å². The van der Waals surface area contributed by atoms with Gasteiger partial charge in [-0.25, -0.2) is 0 Å². The molecular weight excluding hydrogens is 258 g/mol. The van der Waals surface area contributed by atoms with Crippen LogP contribution in [0.25, 0.3) is 0 Å². The third-order valence-electron chi connectivity index (χ3n) is 3.93. The summed E-state index contributed by atoms with van der Waals surface area (Å²) in [7, 11) is 0. The first-order valence-electron chi connectivity index (χ1n) is 7.04. The minimum atomic E-state index is -0.105. The number of amides is 1. The number of carbonyl (C=O) groups excluding carboxylic acids is 1. The molecule has 1 aromatic carbocycles. The number of alkyl halides is 1. The number of nitrogens with zero attached hydrogens (tertiary/aromatic N) is 1. The maximum atomic E-state index is 12.5. The first-order chi connectivity index (χ1) is 9.13. The van der Waals surface area contributed by atoms with Gasteiger partial charge in [0.15, 0.2) is 0 Å². The van der Waals surface area contributed by atoms with Crippen molar-refractivity contribution in [3.8, 4) is 0 Å². The third kappa shape index (κ3) is 3.73. The summed E-state index contributed by atoms with van der Waals surface area (Å²) in [6, 6.07) is 10.5. The number of carbonyl (C=O) groups is 1. The average molecular weight is 280 g/mol. The number of rotatable bonds is 6. The van der Waals surface area contributed by atoms with E-state index in [9.17, 15) is 4.79 Å². The minimum Gasteiger partial charge on any atom is -0.335 e. The molecule has 1 aliphatic carbocycles. The van der Waals surface area contributed by atoms with E-state index in [1.165, 1.54) is 18.4 Å². The molecule has 0 heterocycles. The Balaban J connectivity index is 2.11. The lowest BCUT2D eigenvalue weighted by Gasteiger charge is -2.31. The molecule has 1 amide bonds. The quantitative estimate of drug-likeness (QED) is 0.727. The van der Waals surface area contributed by atoms with Crippen LogP contribution >= 0.6 is 11.6 Å². The second-order valence-electron chi connectivity index (χ2n) is 5.59. The van der Waals surface area contributed by atoms with Crippen LogP contribution in [0.5, 0.6) is 0 Å². The van der Waals surface area contributed by atoms with Gasteiger partial charge in [0.1, 0.15) is 0 Å². The van der Waals surface area contributed by atoms with Crippen molar-refractivity contribution in [2.45, 2.75) is 39.3 Å². The molecule has 0 N–H and O–H groups in total. The normalized spacial score (nSPS) is 17.8. The van der Waals surface area contributed by atoms with Crippen LogP contribution in [0.15, 0.2) is 30.3 Å². The number of hydrogen-bond donors (Lipinski definition) is 0. The highest BCUT2D eigenvalue weighted by atomic mass is 35.5. The van der Waals surface area contributed by atoms with Crippen molar-refractivity contribution in [3.63, 3.8) is 0 Å². The summed E-state index contributed by atoms with van der Waals surface area (Å²) in [5, 5.41) is 0. The van der Waals surface area contributed by atoms with Gasteiger partial charge in [0, 0.05) is 24.4 Å². The molecular formula is C16H22ClNO. The fourth-order valence-electron chi connectivity index (χ4n) is 2.38.